The molecule has 200 valence electrons. The normalized spacial score (nSPS) is 20.8. The van der Waals surface area contributed by atoms with Gasteiger partial charge in [0.15, 0.2) is 0 Å². The Hall–Kier alpha value is -3.18. The van der Waals surface area contributed by atoms with Gasteiger partial charge in [0.1, 0.15) is 0 Å². The highest BCUT2D eigenvalue weighted by molar-refractivity contribution is 5.96. The van der Waals surface area contributed by atoms with Crippen molar-refractivity contribution >= 4 is 11.8 Å². The van der Waals surface area contributed by atoms with Crippen molar-refractivity contribution in [2.45, 2.75) is 56.4 Å². The van der Waals surface area contributed by atoms with E-state index >= 15 is 0 Å². The molecule has 0 spiro atoms. The van der Waals surface area contributed by atoms with Crippen LogP contribution in [0.25, 0.3) is 0 Å². The van der Waals surface area contributed by atoms with Crippen LogP contribution in [0.3, 0.4) is 0 Å². The first-order valence-electron chi connectivity index (χ1n) is 12.4. The second kappa shape index (κ2) is 11.5. The topological polar surface area (TPSA) is 104 Å². The lowest BCUT2D eigenvalue weighted by atomic mass is 9.81. The number of halogens is 3. The van der Waals surface area contributed by atoms with Crippen LogP contribution in [-0.2, 0) is 17.5 Å². The molecule has 4 rings (SSSR count). The van der Waals surface area contributed by atoms with Gasteiger partial charge in [0.25, 0.3) is 11.5 Å². The molecule has 0 atom stereocenters. The molecule has 3 N–H and O–H groups in total. The smallest absolute Gasteiger partial charge is 0.395 e. The summed E-state index contributed by atoms with van der Waals surface area (Å²) in [5.41, 5.74) is -0.0677. The summed E-state index contributed by atoms with van der Waals surface area (Å²) in [6.45, 7) is 1.33. The van der Waals surface area contributed by atoms with Gasteiger partial charge in [0, 0.05) is 43.5 Å². The Kier molecular flexibility index (Phi) is 8.33. The molecule has 2 aliphatic rings. The standard InChI is InChI=1S/C26H31F3N4O4/c27-26(28,29)20-3-1-2-18(12-20)25(37)30-13-23(35)31-21-15-33(16-21)22-7-4-17(5-8-22)19-6-9-24(36)32(14-19)10-11-34/h1-3,6,9,12,14,17,21-22,34H,4-5,7-8,10-11,13,15-16H2,(H,30,37)(H,31,35)/t17-,22+. The highest BCUT2D eigenvalue weighted by atomic mass is 19.4. The van der Waals surface area contributed by atoms with E-state index in [0.29, 0.717) is 25.0 Å². The average molecular weight is 521 g/mol. The third-order valence-corrected chi connectivity index (χ3v) is 7.17. The van der Waals surface area contributed by atoms with Gasteiger partial charge in [-0.3, -0.25) is 19.3 Å². The van der Waals surface area contributed by atoms with Crippen molar-refractivity contribution < 1.29 is 27.9 Å². The van der Waals surface area contributed by atoms with E-state index < -0.39 is 17.6 Å². The Morgan fingerprint density at radius 1 is 1.05 bits per heavy atom. The number of nitrogens with one attached hydrogen (secondary N) is 2. The maximum absolute atomic E-state index is 12.8. The number of rotatable bonds is 8. The van der Waals surface area contributed by atoms with Crippen molar-refractivity contribution in [2.24, 2.45) is 0 Å². The van der Waals surface area contributed by atoms with Gasteiger partial charge in [-0.25, -0.2) is 0 Å². The SMILES string of the molecule is O=C(CNC(=O)c1cccc(C(F)(F)F)c1)NC1CN([C@H]2CC[C@@H](c3ccc(=O)n(CCO)c3)CC2)C1. The van der Waals surface area contributed by atoms with Gasteiger partial charge in [-0.05, 0) is 55.4 Å². The number of amides is 2. The molecule has 2 amide bonds. The summed E-state index contributed by atoms with van der Waals surface area (Å²) in [5.74, 6) is -0.745. The van der Waals surface area contributed by atoms with Crippen LogP contribution in [0.5, 0.6) is 0 Å². The molecule has 1 aliphatic carbocycles. The number of carbonyl (C=O) groups is 2. The molecular formula is C26H31F3N4O4. The highest BCUT2D eigenvalue weighted by Crippen LogP contribution is 2.35. The maximum Gasteiger partial charge on any atom is 0.416 e. The first-order chi connectivity index (χ1) is 17.6. The van der Waals surface area contributed by atoms with Crippen molar-refractivity contribution in [2.75, 3.05) is 26.2 Å². The molecule has 8 nitrogen and oxygen atoms in total. The van der Waals surface area contributed by atoms with Gasteiger partial charge < -0.3 is 20.3 Å². The Bertz CT molecular complexity index is 1170. The molecule has 1 saturated heterocycles. The summed E-state index contributed by atoms with van der Waals surface area (Å²) in [5, 5.41) is 14.4. The maximum atomic E-state index is 12.8. The molecule has 37 heavy (non-hydrogen) atoms. The molecule has 1 aromatic carbocycles. The molecule has 1 aliphatic heterocycles. The fourth-order valence-electron chi connectivity index (χ4n) is 5.13. The van der Waals surface area contributed by atoms with Gasteiger partial charge in [-0.1, -0.05) is 12.1 Å². The largest absolute Gasteiger partial charge is 0.416 e. The number of hydrogen-bond donors (Lipinski definition) is 3. The highest BCUT2D eigenvalue weighted by Gasteiger charge is 2.35. The Labute approximate surface area is 212 Å². The number of alkyl halides is 3. The zero-order valence-corrected chi connectivity index (χ0v) is 20.3. The number of aliphatic hydroxyl groups excluding tert-OH is 1. The number of hydrogen-bond acceptors (Lipinski definition) is 5. The fourth-order valence-corrected chi connectivity index (χ4v) is 5.13. The van der Waals surface area contributed by atoms with Crippen molar-refractivity contribution in [3.8, 4) is 0 Å². The second-order valence-corrected chi connectivity index (χ2v) is 9.70. The van der Waals surface area contributed by atoms with Crippen molar-refractivity contribution in [3.05, 3.63) is 69.6 Å². The van der Waals surface area contributed by atoms with Gasteiger partial charge in [-0.15, -0.1) is 0 Å². The van der Waals surface area contributed by atoms with E-state index in [9.17, 15) is 27.6 Å². The van der Waals surface area contributed by atoms with Gasteiger partial charge in [0.05, 0.1) is 24.8 Å². The quantitative estimate of drug-likeness (QED) is 0.495. The average Bonchev–Trinajstić information content (AvgIpc) is 2.86. The third kappa shape index (κ3) is 6.78. The summed E-state index contributed by atoms with van der Waals surface area (Å²) < 4.78 is 40.0. The molecule has 1 aromatic heterocycles. The van der Waals surface area contributed by atoms with Gasteiger partial charge in [-0.2, -0.15) is 13.2 Å². The molecule has 2 fully saturated rings. The predicted octanol–water partition coefficient (Wildman–Crippen LogP) is 2.12. The van der Waals surface area contributed by atoms with E-state index in [1.54, 1.807) is 10.6 Å². The Morgan fingerprint density at radius 3 is 2.46 bits per heavy atom. The number of likely N-dealkylation sites (tertiary alicyclic amines) is 1. The summed E-state index contributed by atoms with van der Waals surface area (Å²) >= 11 is 0. The number of aliphatic hydroxyl groups is 1. The number of carbonyl (C=O) groups excluding carboxylic acids is 2. The predicted molar refractivity (Wildman–Crippen MR) is 130 cm³/mol. The van der Waals surface area contributed by atoms with E-state index in [2.05, 4.69) is 15.5 Å². The van der Waals surface area contributed by atoms with Gasteiger partial charge >= 0.3 is 6.18 Å². The van der Waals surface area contributed by atoms with E-state index in [1.165, 1.54) is 6.07 Å². The van der Waals surface area contributed by atoms with Crippen LogP contribution in [0.4, 0.5) is 13.2 Å². The third-order valence-electron chi connectivity index (χ3n) is 7.17. The van der Waals surface area contributed by atoms with E-state index in [-0.39, 0.29) is 42.8 Å². The molecule has 2 aromatic rings. The summed E-state index contributed by atoms with van der Waals surface area (Å²) in [4.78, 5) is 38.6. The summed E-state index contributed by atoms with van der Waals surface area (Å²) in [6, 6.07) is 7.90. The van der Waals surface area contributed by atoms with Crippen molar-refractivity contribution in [1.29, 1.82) is 0 Å². The molecule has 0 unspecified atom stereocenters. The molecular weight excluding hydrogens is 489 g/mol. The Balaban J connectivity index is 1.17. The molecule has 0 bridgehead atoms. The van der Waals surface area contributed by atoms with E-state index in [4.69, 9.17) is 5.11 Å². The number of benzene rings is 1. The molecule has 0 radical (unpaired) electrons. The minimum atomic E-state index is -4.55. The zero-order chi connectivity index (χ0) is 26.6. The Morgan fingerprint density at radius 2 is 1.78 bits per heavy atom. The zero-order valence-electron chi connectivity index (χ0n) is 20.3. The van der Waals surface area contributed by atoms with Crippen LogP contribution in [0.15, 0.2) is 47.4 Å². The van der Waals surface area contributed by atoms with Crippen LogP contribution in [0.2, 0.25) is 0 Å². The van der Waals surface area contributed by atoms with Crippen LogP contribution in [-0.4, -0.2) is 64.7 Å². The lowest BCUT2D eigenvalue weighted by Gasteiger charge is -2.46. The molecule has 11 heteroatoms. The lowest BCUT2D eigenvalue weighted by Crippen LogP contribution is -2.63. The number of nitrogens with zero attached hydrogens (tertiary/aromatic N) is 2. The number of aromatic nitrogens is 1. The monoisotopic (exact) mass is 520 g/mol. The fraction of sp³-hybridized carbons (Fsp3) is 0.500. The van der Waals surface area contributed by atoms with Crippen LogP contribution >= 0.6 is 0 Å². The molecule has 2 heterocycles. The van der Waals surface area contributed by atoms with E-state index in [1.807, 2.05) is 12.3 Å². The summed E-state index contributed by atoms with van der Waals surface area (Å²) in [6.07, 6.45) is 1.32. The minimum Gasteiger partial charge on any atom is -0.395 e. The van der Waals surface area contributed by atoms with Gasteiger partial charge in [0.2, 0.25) is 5.91 Å². The lowest BCUT2D eigenvalue weighted by molar-refractivity contribution is -0.137. The van der Waals surface area contributed by atoms with E-state index in [0.717, 1.165) is 49.4 Å². The van der Waals surface area contributed by atoms with Crippen LogP contribution in [0.1, 0.15) is 53.1 Å². The minimum absolute atomic E-state index is 0.0299. The first-order valence-corrected chi connectivity index (χ1v) is 12.4. The van der Waals surface area contributed by atoms with Crippen LogP contribution < -0.4 is 16.2 Å². The van der Waals surface area contributed by atoms with Crippen molar-refractivity contribution in [1.82, 2.24) is 20.1 Å². The van der Waals surface area contributed by atoms with Crippen molar-refractivity contribution in [3.63, 3.8) is 0 Å². The first kappa shape index (κ1) is 26.9. The van der Waals surface area contributed by atoms with Crippen LogP contribution in [0, 0.1) is 0 Å². The second-order valence-electron chi connectivity index (χ2n) is 9.70. The molecule has 1 saturated carbocycles. The summed E-state index contributed by atoms with van der Waals surface area (Å²) in [7, 11) is 0. The number of pyridine rings is 1.